The van der Waals surface area contributed by atoms with Crippen molar-refractivity contribution in [2.45, 2.75) is 12.1 Å². The van der Waals surface area contributed by atoms with Crippen LogP contribution in [0.15, 0.2) is 17.4 Å². The summed E-state index contributed by atoms with van der Waals surface area (Å²) in [6, 6.07) is 0. The summed E-state index contributed by atoms with van der Waals surface area (Å²) in [5.74, 6) is -0.410. The summed E-state index contributed by atoms with van der Waals surface area (Å²) >= 11 is 7.30. The molecule has 0 fully saturated rings. The van der Waals surface area contributed by atoms with Gasteiger partial charge in [0.1, 0.15) is 5.15 Å². The largest absolute Gasteiger partial charge is 0.463 e. The molecule has 0 saturated carbocycles. The maximum atomic E-state index is 11.1. The third kappa shape index (κ3) is 3.83. The van der Waals surface area contributed by atoms with Gasteiger partial charge >= 0.3 is 5.97 Å². The van der Waals surface area contributed by atoms with Crippen molar-refractivity contribution in [1.82, 2.24) is 9.97 Å². The zero-order valence-electron chi connectivity index (χ0n) is 8.94. The van der Waals surface area contributed by atoms with Crippen molar-refractivity contribution in [2.75, 3.05) is 12.9 Å². The third-order valence-corrected chi connectivity index (χ3v) is 2.48. The van der Waals surface area contributed by atoms with E-state index in [1.165, 1.54) is 23.9 Å². The minimum atomic E-state index is -0.410. The lowest BCUT2D eigenvalue weighted by Gasteiger charge is -1.99. The number of thioether (sulfide) groups is 1. The number of hydrogen-bond acceptors (Lipinski definition) is 5. The van der Waals surface area contributed by atoms with Gasteiger partial charge in [0.15, 0.2) is 5.16 Å². The van der Waals surface area contributed by atoms with Crippen LogP contribution in [0.3, 0.4) is 0 Å². The number of hydrogen-bond donors (Lipinski definition) is 0. The minimum Gasteiger partial charge on any atom is -0.463 e. The third-order valence-electron chi connectivity index (χ3n) is 1.61. The smallest absolute Gasteiger partial charge is 0.330 e. The average Bonchev–Trinajstić information content (AvgIpc) is 2.27. The second-order valence-electron chi connectivity index (χ2n) is 2.69. The monoisotopic (exact) mass is 258 g/mol. The summed E-state index contributed by atoms with van der Waals surface area (Å²) in [6.45, 7) is 2.09. The van der Waals surface area contributed by atoms with Gasteiger partial charge in [-0.1, -0.05) is 23.4 Å². The molecule has 0 aliphatic carbocycles. The molecular weight excluding hydrogens is 248 g/mol. The Kier molecular flexibility index (Phi) is 5.28. The SMILES string of the molecule is CCOC(=O)C=Cc1cnc(SC)nc1Cl. The molecule has 86 valence electrons. The van der Waals surface area contributed by atoms with Crippen LogP contribution in [0.1, 0.15) is 12.5 Å². The number of halogens is 1. The predicted octanol–water partition coefficient (Wildman–Crippen LogP) is 2.43. The molecule has 1 rings (SSSR count). The molecule has 0 unspecified atom stereocenters. The van der Waals surface area contributed by atoms with Crippen LogP contribution in [-0.4, -0.2) is 28.8 Å². The van der Waals surface area contributed by atoms with Gasteiger partial charge in [-0.15, -0.1) is 0 Å². The van der Waals surface area contributed by atoms with E-state index < -0.39 is 5.97 Å². The van der Waals surface area contributed by atoms with Crippen LogP contribution in [0.5, 0.6) is 0 Å². The van der Waals surface area contributed by atoms with Gasteiger partial charge < -0.3 is 4.74 Å². The van der Waals surface area contributed by atoms with Crippen molar-refractivity contribution < 1.29 is 9.53 Å². The van der Waals surface area contributed by atoms with Crippen molar-refractivity contribution in [3.63, 3.8) is 0 Å². The molecule has 1 aromatic rings. The van der Waals surface area contributed by atoms with E-state index in [1.807, 2.05) is 6.26 Å². The Balaban J connectivity index is 2.78. The first-order chi connectivity index (χ1) is 7.67. The molecule has 1 aromatic heterocycles. The van der Waals surface area contributed by atoms with Gasteiger partial charge in [0.05, 0.1) is 6.61 Å². The number of rotatable bonds is 4. The highest BCUT2D eigenvalue weighted by atomic mass is 35.5. The lowest BCUT2D eigenvalue weighted by molar-refractivity contribution is -0.137. The maximum absolute atomic E-state index is 11.1. The summed E-state index contributed by atoms with van der Waals surface area (Å²) in [5, 5.41) is 0.915. The van der Waals surface area contributed by atoms with E-state index in [2.05, 4.69) is 9.97 Å². The van der Waals surface area contributed by atoms with Crippen LogP contribution in [0.4, 0.5) is 0 Å². The van der Waals surface area contributed by atoms with E-state index in [4.69, 9.17) is 16.3 Å². The fourth-order valence-electron chi connectivity index (χ4n) is 0.914. The second kappa shape index (κ2) is 6.50. The first-order valence-corrected chi connectivity index (χ1v) is 6.19. The van der Waals surface area contributed by atoms with Crippen LogP contribution >= 0.6 is 23.4 Å². The Labute approximate surface area is 103 Å². The summed E-state index contributed by atoms with van der Waals surface area (Å²) < 4.78 is 4.73. The zero-order valence-corrected chi connectivity index (χ0v) is 10.5. The highest BCUT2D eigenvalue weighted by molar-refractivity contribution is 7.98. The number of esters is 1. The van der Waals surface area contributed by atoms with E-state index in [-0.39, 0.29) is 0 Å². The second-order valence-corrected chi connectivity index (χ2v) is 3.82. The molecule has 0 amide bonds. The molecule has 0 atom stereocenters. The van der Waals surface area contributed by atoms with Crippen molar-refractivity contribution in [3.8, 4) is 0 Å². The van der Waals surface area contributed by atoms with Crippen LogP contribution in [0.2, 0.25) is 5.15 Å². The number of carbonyl (C=O) groups is 1. The molecule has 0 aromatic carbocycles. The summed E-state index contributed by atoms with van der Waals surface area (Å²) in [5.41, 5.74) is 0.590. The quantitative estimate of drug-likeness (QED) is 0.273. The van der Waals surface area contributed by atoms with Crippen LogP contribution in [-0.2, 0) is 9.53 Å². The van der Waals surface area contributed by atoms with E-state index in [9.17, 15) is 4.79 Å². The van der Waals surface area contributed by atoms with Crippen LogP contribution in [0.25, 0.3) is 6.08 Å². The first kappa shape index (κ1) is 13.0. The molecule has 0 bridgehead atoms. The summed E-state index contributed by atoms with van der Waals surface area (Å²) in [6.07, 6.45) is 6.26. The maximum Gasteiger partial charge on any atom is 0.330 e. The fourth-order valence-corrected chi connectivity index (χ4v) is 1.50. The van der Waals surface area contributed by atoms with E-state index in [0.29, 0.717) is 22.5 Å². The molecule has 0 aliphatic rings. The summed E-state index contributed by atoms with van der Waals surface area (Å²) in [4.78, 5) is 19.1. The summed E-state index contributed by atoms with van der Waals surface area (Å²) in [7, 11) is 0. The van der Waals surface area contributed by atoms with Gasteiger partial charge in [0.2, 0.25) is 0 Å². The Morgan fingerprint density at radius 3 is 3.00 bits per heavy atom. The van der Waals surface area contributed by atoms with E-state index in [0.717, 1.165) is 0 Å². The van der Waals surface area contributed by atoms with Crippen molar-refractivity contribution in [1.29, 1.82) is 0 Å². The van der Waals surface area contributed by atoms with Crippen molar-refractivity contribution in [3.05, 3.63) is 23.0 Å². The van der Waals surface area contributed by atoms with Crippen LogP contribution in [0, 0.1) is 0 Å². The van der Waals surface area contributed by atoms with E-state index in [1.54, 1.807) is 13.1 Å². The standard InChI is InChI=1S/C10H11ClN2O2S/c1-3-15-8(14)5-4-7-6-12-10(16-2)13-9(7)11/h4-6H,3H2,1-2H3. The van der Waals surface area contributed by atoms with Gasteiger partial charge in [0, 0.05) is 17.8 Å². The molecular formula is C10H11ClN2O2S. The number of aromatic nitrogens is 2. The highest BCUT2D eigenvalue weighted by Gasteiger charge is 2.02. The molecule has 0 N–H and O–H groups in total. The Hall–Kier alpha value is -1.07. The molecule has 0 spiro atoms. The van der Waals surface area contributed by atoms with Crippen LogP contribution < -0.4 is 0 Å². The van der Waals surface area contributed by atoms with Gasteiger partial charge in [-0.25, -0.2) is 14.8 Å². The highest BCUT2D eigenvalue weighted by Crippen LogP contribution is 2.17. The fraction of sp³-hybridized carbons (Fsp3) is 0.300. The van der Waals surface area contributed by atoms with Crippen molar-refractivity contribution >= 4 is 35.4 Å². The molecule has 0 radical (unpaired) electrons. The molecule has 1 heterocycles. The number of carbonyl (C=O) groups excluding carboxylic acids is 1. The van der Waals surface area contributed by atoms with Gasteiger partial charge in [-0.3, -0.25) is 0 Å². The topological polar surface area (TPSA) is 52.1 Å². The molecule has 6 heteroatoms. The Morgan fingerprint density at radius 2 is 2.44 bits per heavy atom. The Morgan fingerprint density at radius 1 is 1.69 bits per heavy atom. The number of ether oxygens (including phenoxy) is 1. The van der Waals surface area contributed by atoms with Gasteiger partial charge in [0.25, 0.3) is 0 Å². The molecule has 16 heavy (non-hydrogen) atoms. The first-order valence-electron chi connectivity index (χ1n) is 4.58. The zero-order chi connectivity index (χ0) is 12.0. The minimum absolute atomic E-state index is 0.319. The normalized spacial score (nSPS) is 10.7. The average molecular weight is 259 g/mol. The van der Waals surface area contributed by atoms with E-state index >= 15 is 0 Å². The molecule has 0 aliphatic heterocycles. The Bertz CT molecular complexity index is 410. The van der Waals surface area contributed by atoms with Gasteiger partial charge in [-0.2, -0.15) is 0 Å². The van der Waals surface area contributed by atoms with Crippen molar-refractivity contribution in [2.24, 2.45) is 0 Å². The molecule has 0 saturated heterocycles. The number of nitrogens with zero attached hydrogens (tertiary/aromatic N) is 2. The lowest BCUT2D eigenvalue weighted by atomic mass is 10.3. The van der Waals surface area contributed by atoms with Gasteiger partial charge in [-0.05, 0) is 19.3 Å². The molecule has 4 nitrogen and oxygen atoms in total. The predicted molar refractivity (Wildman–Crippen MR) is 64.5 cm³/mol. The lowest BCUT2D eigenvalue weighted by Crippen LogP contribution is -1.99.